The molecule has 0 atom stereocenters. The Morgan fingerprint density at radius 1 is 0.319 bits per heavy atom. The van der Waals surface area contributed by atoms with E-state index in [0.717, 1.165) is 44.4 Å². The molecule has 0 aliphatic carbocycles. The van der Waals surface area contributed by atoms with E-state index in [1.54, 1.807) is 0 Å². The van der Waals surface area contributed by atoms with E-state index in [2.05, 4.69) is 221 Å². The largest absolute Gasteiger partial charge is 0.308 e. The Kier molecular flexibility index (Phi) is 9.00. The van der Waals surface area contributed by atoms with Gasteiger partial charge in [-0.15, -0.1) is 11.3 Å². The minimum absolute atomic E-state index is 0.618. The van der Waals surface area contributed by atoms with Crippen molar-refractivity contribution in [3.63, 3.8) is 0 Å². The van der Waals surface area contributed by atoms with Gasteiger partial charge in [-0.3, -0.25) is 0 Å². The van der Waals surface area contributed by atoms with Gasteiger partial charge >= 0.3 is 0 Å². The number of fused-ring (bicyclic) bond motifs is 10. The molecule has 5 nitrogen and oxygen atoms in total. The summed E-state index contributed by atoms with van der Waals surface area (Å²) in [6.45, 7) is 0. The minimum atomic E-state index is 0.618. The van der Waals surface area contributed by atoms with E-state index in [1.165, 1.54) is 69.7 Å². The first-order valence-corrected chi connectivity index (χ1v) is 24.1. The van der Waals surface area contributed by atoms with Crippen LogP contribution in [0.25, 0.3) is 132 Å². The fourth-order valence-electron chi connectivity index (χ4n) is 10.4. The lowest BCUT2D eigenvalue weighted by Crippen LogP contribution is -2.02. The van der Waals surface area contributed by atoms with Crippen LogP contribution in [0.5, 0.6) is 0 Å². The van der Waals surface area contributed by atoms with Gasteiger partial charge in [-0.1, -0.05) is 188 Å². The van der Waals surface area contributed by atoms with E-state index < -0.39 is 0 Å². The van der Waals surface area contributed by atoms with Gasteiger partial charge in [-0.25, -0.2) is 15.0 Å². The molecule has 4 heterocycles. The molecule has 0 saturated heterocycles. The molecule has 0 aliphatic rings. The van der Waals surface area contributed by atoms with Gasteiger partial charge in [0.2, 0.25) is 0 Å². The van der Waals surface area contributed by atoms with Gasteiger partial charge < -0.3 is 9.13 Å². The van der Waals surface area contributed by atoms with Crippen molar-refractivity contribution in [1.82, 2.24) is 24.1 Å². The summed E-state index contributed by atoms with van der Waals surface area (Å²) in [6.07, 6.45) is 0. The third kappa shape index (κ3) is 6.34. The monoisotopic (exact) mass is 897 g/mol. The summed E-state index contributed by atoms with van der Waals surface area (Å²) in [4.78, 5) is 15.8. The van der Waals surface area contributed by atoms with Crippen LogP contribution in [0.4, 0.5) is 0 Å². The van der Waals surface area contributed by atoms with Gasteiger partial charge in [0, 0.05) is 59.4 Å². The molecule has 0 spiro atoms. The van der Waals surface area contributed by atoms with E-state index >= 15 is 0 Å². The molecule has 0 radical (unpaired) electrons. The molecule has 0 unspecified atom stereocenters. The van der Waals surface area contributed by atoms with Crippen LogP contribution >= 0.6 is 11.3 Å². The molecule has 0 N–H and O–H groups in total. The Bertz CT molecular complexity index is 4270. The third-order valence-electron chi connectivity index (χ3n) is 13.6. The number of hydrogen-bond acceptors (Lipinski definition) is 4. The van der Waals surface area contributed by atoms with Crippen molar-refractivity contribution in [1.29, 1.82) is 0 Å². The van der Waals surface area contributed by atoms with Crippen molar-refractivity contribution in [2.75, 3.05) is 0 Å². The zero-order valence-electron chi connectivity index (χ0n) is 37.2. The van der Waals surface area contributed by atoms with Crippen LogP contribution in [0.3, 0.4) is 0 Å². The van der Waals surface area contributed by atoms with E-state index in [4.69, 9.17) is 15.0 Å². The molecule has 4 aromatic heterocycles. The lowest BCUT2D eigenvalue weighted by molar-refractivity contribution is 1.07. The van der Waals surface area contributed by atoms with Gasteiger partial charge in [0.15, 0.2) is 17.5 Å². The Labute approximate surface area is 401 Å². The highest BCUT2D eigenvalue weighted by atomic mass is 32.1. The summed E-state index contributed by atoms with van der Waals surface area (Å²) in [5, 5.41) is 7.24. The lowest BCUT2D eigenvalue weighted by Gasteiger charge is -2.13. The zero-order valence-corrected chi connectivity index (χ0v) is 38.0. The highest BCUT2D eigenvalue weighted by Crippen LogP contribution is 2.47. The molecule has 0 fully saturated rings. The highest BCUT2D eigenvalue weighted by Gasteiger charge is 2.24. The molecule has 6 heteroatoms. The van der Waals surface area contributed by atoms with Crippen LogP contribution in [-0.4, -0.2) is 24.1 Å². The average molecular weight is 898 g/mol. The van der Waals surface area contributed by atoms with Gasteiger partial charge in [-0.2, -0.15) is 0 Å². The SMILES string of the molecule is c1ccc(-c2ccc(-c3nc(-c4ccccc4)nc(-c4cccc5c6ccc7sc8c(-n9c%10ccccc%10c%10cc(-c%11ccccc%11)ccc%109)cccc8c7c6n(-c6ccccc6)c45)n3)cc2)cc1. The Morgan fingerprint density at radius 3 is 1.58 bits per heavy atom. The first-order chi connectivity index (χ1) is 34.2. The Hall–Kier alpha value is -8.97. The van der Waals surface area contributed by atoms with E-state index in [0.29, 0.717) is 17.5 Å². The van der Waals surface area contributed by atoms with Crippen molar-refractivity contribution in [3.8, 4) is 67.8 Å². The third-order valence-corrected chi connectivity index (χ3v) is 14.8. The predicted molar refractivity (Wildman–Crippen MR) is 289 cm³/mol. The molecule has 14 rings (SSSR count). The van der Waals surface area contributed by atoms with Crippen LogP contribution in [0.2, 0.25) is 0 Å². The summed E-state index contributed by atoms with van der Waals surface area (Å²) in [5.41, 5.74) is 14.3. The molecule has 14 aromatic rings. The van der Waals surface area contributed by atoms with Gasteiger partial charge in [0.25, 0.3) is 0 Å². The summed E-state index contributed by atoms with van der Waals surface area (Å²) in [5.74, 6) is 1.87. The summed E-state index contributed by atoms with van der Waals surface area (Å²) >= 11 is 1.86. The molecule has 0 aliphatic heterocycles. The second-order valence-electron chi connectivity index (χ2n) is 17.5. The number of aromatic nitrogens is 5. The second-order valence-corrected chi connectivity index (χ2v) is 18.6. The van der Waals surface area contributed by atoms with Gasteiger partial charge in [-0.05, 0) is 70.8 Å². The van der Waals surface area contributed by atoms with E-state index in [1.807, 2.05) is 35.6 Å². The molecular weight excluding hydrogens is 859 g/mol. The summed E-state index contributed by atoms with van der Waals surface area (Å²) in [7, 11) is 0. The molecule has 0 saturated carbocycles. The molecule has 69 heavy (non-hydrogen) atoms. The quantitative estimate of drug-likeness (QED) is 0.160. The Morgan fingerprint density at radius 2 is 0.841 bits per heavy atom. The first kappa shape index (κ1) is 39.2. The molecule has 322 valence electrons. The molecular formula is C63H39N5S. The summed E-state index contributed by atoms with van der Waals surface area (Å²) < 4.78 is 7.39. The van der Waals surface area contributed by atoms with E-state index in [-0.39, 0.29) is 0 Å². The number of nitrogens with zero attached hydrogens (tertiary/aromatic N) is 5. The first-order valence-electron chi connectivity index (χ1n) is 23.3. The topological polar surface area (TPSA) is 48.5 Å². The van der Waals surface area contributed by atoms with Crippen molar-refractivity contribution >= 4 is 75.1 Å². The fraction of sp³-hybridized carbons (Fsp3) is 0. The van der Waals surface area contributed by atoms with Crippen molar-refractivity contribution in [3.05, 3.63) is 237 Å². The van der Waals surface area contributed by atoms with Crippen molar-refractivity contribution in [2.45, 2.75) is 0 Å². The van der Waals surface area contributed by atoms with Crippen LogP contribution in [-0.2, 0) is 0 Å². The number of benzene rings is 10. The fourth-order valence-corrected chi connectivity index (χ4v) is 11.6. The number of para-hydroxylation sites is 3. The number of rotatable bonds is 7. The Balaban J connectivity index is 1.02. The molecule has 0 amide bonds. The minimum Gasteiger partial charge on any atom is -0.308 e. The smallest absolute Gasteiger partial charge is 0.166 e. The zero-order chi connectivity index (χ0) is 45.4. The predicted octanol–water partition coefficient (Wildman–Crippen LogP) is 16.8. The molecule has 0 bridgehead atoms. The maximum Gasteiger partial charge on any atom is 0.166 e. The molecule has 10 aromatic carbocycles. The highest BCUT2D eigenvalue weighted by molar-refractivity contribution is 7.26. The van der Waals surface area contributed by atoms with Crippen LogP contribution < -0.4 is 0 Å². The van der Waals surface area contributed by atoms with Crippen molar-refractivity contribution < 1.29 is 0 Å². The van der Waals surface area contributed by atoms with Crippen LogP contribution in [0, 0.1) is 0 Å². The normalized spacial score (nSPS) is 11.8. The average Bonchev–Trinajstić information content (AvgIpc) is 4.09. The van der Waals surface area contributed by atoms with Crippen LogP contribution in [0.15, 0.2) is 237 Å². The van der Waals surface area contributed by atoms with Gasteiger partial charge in [0.05, 0.1) is 32.5 Å². The summed E-state index contributed by atoms with van der Waals surface area (Å²) in [6, 6.07) is 84.4. The van der Waals surface area contributed by atoms with E-state index in [9.17, 15) is 0 Å². The maximum absolute atomic E-state index is 5.34. The maximum atomic E-state index is 5.34. The van der Waals surface area contributed by atoms with Crippen LogP contribution in [0.1, 0.15) is 0 Å². The standard InChI is InChI=1S/C63H39N5S/c1-5-17-40(18-6-1)42-31-33-44(34-32-42)62-64-61(43-21-9-3-10-22-43)65-63(66-62)51-28-15-26-48-49-36-38-56-57(59(49)67(58(48)51)46-23-11-4-12-24-46)50-27-16-30-55(60(50)69-56)68-53-29-14-13-25-47(53)52-39-45(35-37-54(52)68)41-19-7-2-8-20-41/h1-39H. The number of hydrogen-bond donors (Lipinski definition) is 0. The van der Waals surface area contributed by atoms with Gasteiger partial charge in [0.1, 0.15) is 0 Å². The van der Waals surface area contributed by atoms with Crippen molar-refractivity contribution in [2.24, 2.45) is 0 Å². The lowest BCUT2D eigenvalue weighted by atomic mass is 10.0. The second kappa shape index (κ2) is 15.8. The number of thiophene rings is 1.